The molecule has 1 saturated carbocycles. The minimum atomic E-state index is -3.52. The smallest absolute Gasteiger partial charge is 0.258 e. The van der Waals surface area contributed by atoms with Gasteiger partial charge < -0.3 is 10.1 Å². The van der Waals surface area contributed by atoms with Crippen LogP contribution in [0.1, 0.15) is 44.6 Å². The zero-order valence-corrected chi connectivity index (χ0v) is 18.2. The van der Waals surface area contributed by atoms with Gasteiger partial charge in [-0.1, -0.05) is 43.2 Å². The molecule has 0 saturated heterocycles. The first-order valence-corrected chi connectivity index (χ1v) is 12.0. The fourth-order valence-corrected chi connectivity index (χ4v) is 4.92. The maximum atomic E-state index is 12.4. The number of hydrogen-bond acceptors (Lipinski definition) is 4. The summed E-state index contributed by atoms with van der Waals surface area (Å²) in [5.41, 5.74) is 1.24. The van der Waals surface area contributed by atoms with E-state index in [1.54, 1.807) is 12.1 Å². The van der Waals surface area contributed by atoms with Crippen LogP contribution in [-0.4, -0.2) is 33.0 Å². The highest BCUT2D eigenvalue weighted by molar-refractivity contribution is 7.89. The van der Waals surface area contributed by atoms with Crippen molar-refractivity contribution in [2.24, 2.45) is 0 Å². The first-order chi connectivity index (χ1) is 14.4. The molecule has 1 amide bonds. The molecule has 0 aromatic heterocycles. The highest BCUT2D eigenvalue weighted by Crippen LogP contribution is 2.21. The molecular formula is C23H30N2O4S. The molecule has 0 unspecified atom stereocenters. The quantitative estimate of drug-likeness (QED) is 0.605. The van der Waals surface area contributed by atoms with E-state index in [-0.39, 0.29) is 29.5 Å². The van der Waals surface area contributed by atoms with E-state index in [2.05, 4.69) is 22.2 Å². The van der Waals surface area contributed by atoms with Crippen LogP contribution in [0.2, 0.25) is 0 Å². The summed E-state index contributed by atoms with van der Waals surface area (Å²) in [5.74, 6) is 0.261. The molecule has 7 heteroatoms. The lowest BCUT2D eigenvalue weighted by molar-refractivity contribution is -0.123. The Bertz CT molecular complexity index is 908. The summed E-state index contributed by atoms with van der Waals surface area (Å²) in [4.78, 5) is 12.3. The highest BCUT2D eigenvalue weighted by Gasteiger charge is 2.22. The molecule has 30 heavy (non-hydrogen) atoms. The number of benzene rings is 2. The average Bonchev–Trinajstić information content (AvgIpc) is 3.24. The predicted molar refractivity (Wildman–Crippen MR) is 117 cm³/mol. The first kappa shape index (κ1) is 22.3. The van der Waals surface area contributed by atoms with Crippen LogP contribution in [0.25, 0.3) is 0 Å². The van der Waals surface area contributed by atoms with E-state index in [0.29, 0.717) is 5.75 Å². The second-order valence-electron chi connectivity index (χ2n) is 7.86. The van der Waals surface area contributed by atoms with Crippen molar-refractivity contribution in [3.63, 3.8) is 0 Å². The number of hydrogen-bond donors (Lipinski definition) is 2. The third kappa shape index (κ3) is 6.85. The largest absolute Gasteiger partial charge is 0.484 e. The first-order valence-electron chi connectivity index (χ1n) is 10.5. The molecule has 6 nitrogen and oxygen atoms in total. The molecule has 0 radical (unpaired) electrons. The molecule has 0 heterocycles. The lowest BCUT2D eigenvalue weighted by atomic mass is 10.1. The van der Waals surface area contributed by atoms with Gasteiger partial charge in [0.25, 0.3) is 5.91 Å². The van der Waals surface area contributed by atoms with Crippen molar-refractivity contribution in [1.29, 1.82) is 0 Å². The van der Waals surface area contributed by atoms with E-state index in [1.165, 1.54) is 17.7 Å². The molecule has 162 valence electrons. The lowest BCUT2D eigenvalue weighted by Gasteiger charge is -2.15. The van der Waals surface area contributed by atoms with Crippen LogP contribution in [0.3, 0.4) is 0 Å². The van der Waals surface area contributed by atoms with E-state index in [0.717, 1.165) is 38.5 Å². The Morgan fingerprint density at radius 3 is 2.40 bits per heavy atom. The molecular weight excluding hydrogens is 400 g/mol. The summed E-state index contributed by atoms with van der Waals surface area (Å²) >= 11 is 0. The van der Waals surface area contributed by atoms with Crippen LogP contribution < -0.4 is 14.8 Å². The van der Waals surface area contributed by atoms with Crippen molar-refractivity contribution >= 4 is 15.9 Å². The fourth-order valence-electron chi connectivity index (χ4n) is 3.61. The second kappa shape index (κ2) is 10.6. The summed E-state index contributed by atoms with van der Waals surface area (Å²) < 4.78 is 33.1. The standard InChI is InChI=1S/C23H30N2O4S/c1-18(11-12-19-7-3-2-4-8-19)24-23(26)17-29-21-13-15-22(16-14-21)30(27,28)25-20-9-5-6-10-20/h2-4,7-8,13-16,18,20,25H,5-6,9-12,17H2,1H3,(H,24,26)/t18-/m0/s1. The van der Waals surface area contributed by atoms with Crippen LogP contribution in [-0.2, 0) is 21.2 Å². The summed E-state index contributed by atoms with van der Waals surface area (Å²) in [6, 6.07) is 16.4. The molecule has 0 spiro atoms. The predicted octanol–water partition coefficient (Wildman–Crippen LogP) is 3.42. The molecule has 1 aliphatic rings. The highest BCUT2D eigenvalue weighted by atomic mass is 32.2. The Morgan fingerprint density at radius 2 is 1.73 bits per heavy atom. The van der Waals surface area contributed by atoms with E-state index in [9.17, 15) is 13.2 Å². The van der Waals surface area contributed by atoms with Crippen LogP contribution in [0.4, 0.5) is 0 Å². The number of amides is 1. The van der Waals surface area contributed by atoms with Crippen molar-refractivity contribution in [3.05, 3.63) is 60.2 Å². The van der Waals surface area contributed by atoms with Crippen molar-refractivity contribution < 1.29 is 17.9 Å². The SMILES string of the molecule is C[C@@H](CCc1ccccc1)NC(=O)COc1ccc(S(=O)(=O)NC2CCCC2)cc1. The molecule has 1 fully saturated rings. The molecule has 3 rings (SSSR count). The molecule has 0 aliphatic heterocycles. The zero-order valence-electron chi connectivity index (χ0n) is 17.3. The number of nitrogens with one attached hydrogen (secondary N) is 2. The van der Waals surface area contributed by atoms with E-state index in [1.807, 2.05) is 25.1 Å². The topological polar surface area (TPSA) is 84.5 Å². The summed E-state index contributed by atoms with van der Waals surface area (Å²) in [6.45, 7) is 1.86. The van der Waals surface area contributed by atoms with Gasteiger partial charge in [-0.15, -0.1) is 0 Å². The third-order valence-electron chi connectivity index (χ3n) is 5.30. The number of rotatable bonds is 10. The Morgan fingerprint density at radius 1 is 1.07 bits per heavy atom. The van der Waals surface area contributed by atoms with Gasteiger partial charge in [0.2, 0.25) is 10.0 Å². The molecule has 2 aromatic rings. The van der Waals surface area contributed by atoms with Crippen LogP contribution in [0, 0.1) is 0 Å². The van der Waals surface area contributed by atoms with Gasteiger partial charge in [0, 0.05) is 12.1 Å². The monoisotopic (exact) mass is 430 g/mol. The van der Waals surface area contributed by atoms with E-state index in [4.69, 9.17) is 4.74 Å². The van der Waals surface area contributed by atoms with Gasteiger partial charge in [-0.25, -0.2) is 13.1 Å². The van der Waals surface area contributed by atoms with Crippen molar-refractivity contribution in [2.75, 3.05) is 6.61 Å². The van der Waals surface area contributed by atoms with Gasteiger partial charge in [0.1, 0.15) is 5.75 Å². The maximum absolute atomic E-state index is 12.4. The molecule has 1 atom stereocenters. The number of carbonyl (C=O) groups is 1. The Kier molecular flexibility index (Phi) is 7.87. The van der Waals surface area contributed by atoms with Gasteiger partial charge in [-0.3, -0.25) is 4.79 Å². The summed E-state index contributed by atoms with van der Waals surface area (Å²) in [5, 5.41) is 2.93. The van der Waals surface area contributed by atoms with Gasteiger partial charge in [0.05, 0.1) is 4.90 Å². The van der Waals surface area contributed by atoms with Crippen molar-refractivity contribution in [2.45, 2.75) is 62.4 Å². The van der Waals surface area contributed by atoms with Crippen LogP contribution in [0.15, 0.2) is 59.5 Å². The second-order valence-corrected chi connectivity index (χ2v) is 9.57. The Hall–Kier alpha value is -2.38. The van der Waals surface area contributed by atoms with Gasteiger partial charge in [-0.2, -0.15) is 0 Å². The normalized spacial score (nSPS) is 15.6. The minimum absolute atomic E-state index is 0.0264. The van der Waals surface area contributed by atoms with Gasteiger partial charge in [-0.05, 0) is 62.4 Å². The van der Waals surface area contributed by atoms with Crippen LogP contribution in [0.5, 0.6) is 5.75 Å². The van der Waals surface area contributed by atoms with E-state index >= 15 is 0 Å². The number of ether oxygens (including phenoxy) is 1. The van der Waals surface area contributed by atoms with Crippen LogP contribution >= 0.6 is 0 Å². The van der Waals surface area contributed by atoms with E-state index < -0.39 is 10.0 Å². The number of sulfonamides is 1. The van der Waals surface area contributed by atoms with Gasteiger partial charge in [0.15, 0.2) is 6.61 Å². The summed E-state index contributed by atoms with van der Waals surface area (Å²) in [6.07, 6.45) is 5.64. The van der Waals surface area contributed by atoms with Crippen molar-refractivity contribution in [3.8, 4) is 5.75 Å². The molecule has 2 aromatic carbocycles. The Labute approximate surface area is 179 Å². The number of aryl methyl sites for hydroxylation is 1. The maximum Gasteiger partial charge on any atom is 0.258 e. The Balaban J connectivity index is 1.42. The number of carbonyl (C=O) groups excluding carboxylic acids is 1. The van der Waals surface area contributed by atoms with Gasteiger partial charge >= 0.3 is 0 Å². The molecule has 2 N–H and O–H groups in total. The molecule has 1 aliphatic carbocycles. The minimum Gasteiger partial charge on any atom is -0.484 e. The zero-order chi connectivity index (χ0) is 21.4. The lowest BCUT2D eigenvalue weighted by Crippen LogP contribution is -2.36. The fraction of sp³-hybridized carbons (Fsp3) is 0.435. The van der Waals surface area contributed by atoms with Crippen molar-refractivity contribution in [1.82, 2.24) is 10.0 Å². The summed E-state index contributed by atoms with van der Waals surface area (Å²) in [7, 11) is -3.52. The molecule has 0 bridgehead atoms. The third-order valence-corrected chi connectivity index (χ3v) is 6.83. The average molecular weight is 431 g/mol.